The van der Waals surface area contributed by atoms with Gasteiger partial charge in [0.1, 0.15) is 11.6 Å². The average Bonchev–Trinajstić information content (AvgIpc) is 3.16. The maximum atomic E-state index is 13.5. The van der Waals surface area contributed by atoms with Crippen LogP contribution in [0, 0.1) is 5.82 Å². The largest absolute Gasteiger partial charge is 0.439 e. The number of rotatable bonds is 13. The number of aromatic nitrogens is 2. The summed E-state index contributed by atoms with van der Waals surface area (Å²) >= 11 is 0. The number of aliphatic hydroxyl groups is 1. The molecule has 0 fully saturated rings. The van der Waals surface area contributed by atoms with Crippen LogP contribution in [0.5, 0.6) is 11.6 Å². The van der Waals surface area contributed by atoms with Crippen molar-refractivity contribution in [1.82, 2.24) is 14.7 Å². The fourth-order valence-electron chi connectivity index (χ4n) is 3.86. The molecule has 0 amide bonds. The van der Waals surface area contributed by atoms with Gasteiger partial charge in [-0.25, -0.2) is 9.07 Å². The Hall–Kier alpha value is -2.96. The lowest BCUT2D eigenvalue weighted by Crippen LogP contribution is -2.33. The molecule has 5 nitrogen and oxygen atoms in total. The highest BCUT2D eigenvalue weighted by molar-refractivity contribution is 5.43. The van der Waals surface area contributed by atoms with Crippen molar-refractivity contribution in [1.29, 1.82) is 0 Å². The molecule has 1 atom stereocenters. The van der Waals surface area contributed by atoms with Crippen LogP contribution in [-0.4, -0.2) is 39.0 Å². The molecule has 33 heavy (non-hydrogen) atoms. The highest BCUT2D eigenvalue weighted by Crippen LogP contribution is 2.32. The van der Waals surface area contributed by atoms with E-state index in [4.69, 9.17) is 9.84 Å². The first kappa shape index (κ1) is 24.7. The van der Waals surface area contributed by atoms with Crippen LogP contribution in [-0.2, 0) is 13.0 Å². The Morgan fingerprint density at radius 1 is 1.15 bits per heavy atom. The normalized spacial score (nSPS) is 12.2. The predicted octanol–water partition coefficient (Wildman–Crippen LogP) is 5.91. The van der Waals surface area contributed by atoms with Crippen LogP contribution >= 0.6 is 0 Å². The molecule has 1 aromatic heterocycles. The van der Waals surface area contributed by atoms with Gasteiger partial charge in [0, 0.05) is 13.1 Å². The zero-order chi connectivity index (χ0) is 23.6. The van der Waals surface area contributed by atoms with Crippen LogP contribution in [0.25, 0.3) is 5.69 Å². The molecule has 176 valence electrons. The fourth-order valence-corrected chi connectivity index (χ4v) is 3.86. The van der Waals surface area contributed by atoms with E-state index in [9.17, 15) is 9.50 Å². The third-order valence-corrected chi connectivity index (χ3v) is 5.48. The zero-order valence-corrected chi connectivity index (χ0v) is 19.6. The van der Waals surface area contributed by atoms with Gasteiger partial charge in [0.25, 0.3) is 0 Å². The van der Waals surface area contributed by atoms with Gasteiger partial charge in [0.2, 0.25) is 5.88 Å². The van der Waals surface area contributed by atoms with Crippen molar-refractivity contribution in [2.45, 2.75) is 52.2 Å². The summed E-state index contributed by atoms with van der Waals surface area (Å²) in [5.74, 6) is 0.854. The fraction of sp³-hybridized carbons (Fsp3) is 0.370. The lowest BCUT2D eigenvalue weighted by atomic mass is 10.1. The van der Waals surface area contributed by atoms with Gasteiger partial charge < -0.3 is 9.84 Å². The smallest absolute Gasteiger partial charge is 0.227 e. The van der Waals surface area contributed by atoms with Gasteiger partial charge in [0.05, 0.1) is 23.0 Å². The first-order valence-electron chi connectivity index (χ1n) is 11.7. The van der Waals surface area contributed by atoms with E-state index >= 15 is 0 Å². The number of aliphatic hydroxyl groups excluding tert-OH is 1. The van der Waals surface area contributed by atoms with Gasteiger partial charge in [0.15, 0.2) is 0 Å². The van der Waals surface area contributed by atoms with Crippen LogP contribution in [0.4, 0.5) is 4.39 Å². The van der Waals surface area contributed by atoms with E-state index < -0.39 is 6.10 Å². The Labute approximate surface area is 196 Å². The van der Waals surface area contributed by atoms with E-state index in [2.05, 4.69) is 25.3 Å². The van der Waals surface area contributed by atoms with Gasteiger partial charge in [-0.1, -0.05) is 38.1 Å². The Kier molecular flexibility index (Phi) is 9.22. The molecular formula is C27H34FN3O2. The molecule has 3 rings (SSSR count). The van der Waals surface area contributed by atoms with E-state index in [1.54, 1.807) is 12.1 Å². The molecule has 1 heterocycles. The number of para-hydroxylation sites is 1. The van der Waals surface area contributed by atoms with E-state index in [1.807, 2.05) is 41.1 Å². The second-order valence-corrected chi connectivity index (χ2v) is 8.14. The second kappa shape index (κ2) is 12.3. The minimum Gasteiger partial charge on any atom is -0.439 e. The van der Waals surface area contributed by atoms with Gasteiger partial charge in [-0.05, 0) is 68.6 Å². The zero-order valence-electron chi connectivity index (χ0n) is 19.6. The quantitative estimate of drug-likeness (QED) is 0.329. The van der Waals surface area contributed by atoms with Crippen molar-refractivity contribution >= 4 is 0 Å². The number of hydrogen-bond acceptors (Lipinski definition) is 4. The van der Waals surface area contributed by atoms with Crippen LogP contribution < -0.4 is 4.74 Å². The van der Waals surface area contributed by atoms with Crippen molar-refractivity contribution in [2.75, 3.05) is 13.1 Å². The Bertz CT molecular complexity index is 1000. The Morgan fingerprint density at radius 3 is 2.52 bits per heavy atom. The van der Waals surface area contributed by atoms with Crippen molar-refractivity contribution in [3.05, 3.63) is 84.3 Å². The summed E-state index contributed by atoms with van der Waals surface area (Å²) in [5, 5.41) is 15.4. The van der Waals surface area contributed by atoms with E-state index in [1.165, 1.54) is 12.1 Å². The molecule has 1 N–H and O–H groups in total. The number of nitrogens with zero attached hydrogens (tertiary/aromatic N) is 3. The standard InChI is InChI=1S/C27H34FN3O2/c1-4-7-13-23(32)19-30(18-5-2)20-25-26(6-3)29-31(22-11-9-8-10-12-22)27(25)33-24-16-14-21(28)15-17-24/h4,8-12,14-17,23,32H,1,5-7,13,18-20H2,2-3H3/t23-/m0/s1. The van der Waals surface area contributed by atoms with Crippen molar-refractivity contribution < 1.29 is 14.2 Å². The molecule has 0 aliphatic rings. The van der Waals surface area contributed by atoms with Crippen LogP contribution in [0.3, 0.4) is 0 Å². The van der Waals surface area contributed by atoms with Crippen molar-refractivity contribution in [2.24, 2.45) is 0 Å². The molecule has 0 spiro atoms. The third kappa shape index (κ3) is 6.76. The summed E-state index contributed by atoms with van der Waals surface area (Å²) in [6.07, 6.45) is 4.59. The average molecular weight is 452 g/mol. The molecule has 0 bridgehead atoms. The number of benzene rings is 2. The first-order chi connectivity index (χ1) is 16.0. The number of ether oxygens (including phenoxy) is 1. The number of aryl methyl sites for hydroxylation is 1. The minimum absolute atomic E-state index is 0.309. The van der Waals surface area contributed by atoms with Crippen molar-refractivity contribution in [3.8, 4) is 17.3 Å². The Morgan fingerprint density at radius 2 is 1.88 bits per heavy atom. The molecule has 0 aliphatic heterocycles. The molecule has 2 aromatic carbocycles. The molecular weight excluding hydrogens is 417 g/mol. The molecule has 6 heteroatoms. The van der Waals surface area contributed by atoms with E-state index in [-0.39, 0.29) is 5.82 Å². The highest BCUT2D eigenvalue weighted by Gasteiger charge is 2.23. The lowest BCUT2D eigenvalue weighted by Gasteiger charge is -2.25. The Balaban J connectivity index is 1.99. The summed E-state index contributed by atoms with van der Waals surface area (Å²) < 4.78 is 21.6. The third-order valence-electron chi connectivity index (χ3n) is 5.48. The van der Waals surface area contributed by atoms with Crippen LogP contribution in [0.2, 0.25) is 0 Å². The summed E-state index contributed by atoms with van der Waals surface area (Å²) in [5.41, 5.74) is 2.82. The summed E-state index contributed by atoms with van der Waals surface area (Å²) in [4.78, 5) is 2.25. The maximum absolute atomic E-state index is 13.5. The second-order valence-electron chi connectivity index (χ2n) is 8.14. The summed E-state index contributed by atoms with van der Waals surface area (Å²) in [7, 11) is 0. The monoisotopic (exact) mass is 451 g/mol. The predicted molar refractivity (Wildman–Crippen MR) is 130 cm³/mol. The maximum Gasteiger partial charge on any atom is 0.227 e. The molecule has 0 saturated heterocycles. The molecule has 0 radical (unpaired) electrons. The lowest BCUT2D eigenvalue weighted by molar-refractivity contribution is 0.102. The molecule has 0 aliphatic carbocycles. The first-order valence-corrected chi connectivity index (χ1v) is 11.7. The number of allylic oxidation sites excluding steroid dienone is 1. The molecule has 0 unspecified atom stereocenters. The van der Waals surface area contributed by atoms with Gasteiger partial charge in [-0.2, -0.15) is 5.10 Å². The molecule has 0 saturated carbocycles. The minimum atomic E-state index is -0.426. The van der Waals surface area contributed by atoms with Crippen LogP contribution in [0.1, 0.15) is 44.4 Å². The van der Waals surface area contributed by atoms with E-state index in [0.717, 1.165) is 42.8 Å². The van der Waals surface area contributed by atoms with E-state index in [0.29, 0.717) is 31.1 Å². The van der Waals surface area contributed by atoms with Crippen LogP contribution in [0.15, 0.2) is 67.3 Å². The SMILES string of the molecule is C=CCC[C@H](O)CN(CCC)Cc1c(CC)nn(-c2ccccc2)c1Oc1ccc(F)cc1. The topological polar surface area (TPSA) is 50.5 Å². The van der Waals surface area contributed by atoms with Crippen molar-refractivity contribution in [3.63, 3.8) is 0 Å². The number of hydrogen-bond donors (Lipinski definition) is 1. The highest BCUT2D eigenvalue weighted by atomic mass is 19.1. The summed E-state index contributed by atoms with van der Waals surface area (Å²) in [6.45, 7) is 9.98. The van der Waals surface area contributed by atoms with Gasteiger partial charge in [-0.15, -0.1) is 6.58 Å². The van der Waals surface area contributed by atoms with Gasteiger partial charge in [-0.3, -0.25) is 4.90 Å². The van der Waals surface area contributed by atoms with Gasteiger partial charge >= 0.3 is 0 Å². The number of halogens is 1. The summed E-state index contributed by atoms with van der Waals surface area (Å²) in [6, 6.07) is 15.9. The molecule has 3 aromatic rings.